The van der Waals surface area contributed by atoms with Gasteiger partial charge in [0.1, 0.15) is 11.9 Å². The maximum absolute atomic E-state index is 12.7. The van der Waals surface area contributed by atoms with Crippen molar-refractivity contribution in [1.82, 2.24) is 19.5 Å². The summed E-state index contributed by atoms with van der Waals surface area (Å²) in [7, 11) is -3.31. The fourth-order valence-electron chi connectivity index (χ4n) is 2.38. The molecule has 0 spiro atoms. The van der Waals surface area contributed by atoms with Gasteiger partial charge in [0.2, 0.25) is 5.95 Å². The van der Waals surface area contributed by atoms with Gasteiger partial charge in [-0.1, -0.05) is 11.6 Å². The van der Waals surface area contributed by atoms with Crippen molar-refractivity contribution in [2.45, 2.75) is 53.4 Å². The number of anilines is 1. The lowest BCUT2D eigenvalue weighted by Gasteiger charge is -2.22. The van der Waals surface area contributed by atoms with Crippen molar-refractivity contribution >= 4 is 36.3 Å². The molecule has 0 atom stereocenters. The van der Waals surface area contributed by atoms with Crippen LogP contribution >= 0.6 is 19.2 Å². The van der Waals surface area contributed by atoms with Crippen molar-refractivity contribution in [2.24, 2.45) is 0 Å². The second-order valence-corrected chi connectivity index (χ2v) is 8.69. The largest absolute Gasteiger partial charge is 0.367 e. The molecule has 0 unspecified atom stereocenters. The molecule has 0 saturated heterocycles. The zero-order chi connectivity index (χ0) is 20.0. The molecule has 0 amide bonds. The molecule has 1 N–H and O–H groups in total. The minimum atomic E-state index is -3.31. The number of fused-ring (bicyclic) bond motifs is 1. The van der Waals surface area contributed by atoms with Gasteiger partial charge >= 0.3 is 7.60 Å². The molecule has 27 heavy (non-hydrogen) atoms. The summed E-state index contributed by atoms with van der Waals surface area (Å²) in [4.78, 5) is 12.8. The summed E-state index contributed by atoms with van der Waals surface area (Å²) >= 11 is 6.16. The zero-order valence-electron chi connectivity index (χ0n) is 16.3. The van der Waals surface area contributed by atoms with E-state index in [1.54, 1.807) is 38.6 Å². The summed E-state index contributed by atoms with van der Waals surface area (Å²) in [6, 6.07) is 0. The van der Waals surface area contributed by atoms with Gasteiger partial charge in [-0.15, -0.1) is 0 Å². The van der Waals surface area contributed by atoms with Crippen molar-refractivity contribution in [1.29, 1.82) is 0 Å². The van der Waals surface area contributed by atoms with Gasteiger partial charge in [0.25, 0.3) is 0 Å². The van der Waals surface area contributed by atoms with Crippen LogP contribution in [0.4, 0.5) is 5.95 Å². The topological polar surface area (TPSA) is 100 Å². The molecule has 2 heterocycles. The predicted octanol–water partition coefficient (Wildman–Crippen LogP) is 3.93. The lowest BCUT2D eigenvalue weighted by Crippen LogP contribution is -2.13. The van der Waals surface area contributed by atoms with Crippen LogP contribution in [0.25, 0.3) is 11.2 Å². The van der Waals surface area contributed by atoms with Gasteiger partial charge in [0, 0.05) is 13.1 Å². The molecule has 0 fully saturated rings. The van der Waals surface area contributed by atoms with E-state index in [0.29, 0.717) is 30.2 Å². The number of aromatic nitrogens is 4. The van der Waals surface area contributed by atoms with Gasteiger partial charge in [-0.3, -0.25) is 4.57 Å². The number of hydrogen-bond acceptors (Lipinski definition) is 8. The van der Waals surface area contributed by atoms with E-state index in [1.807, 2.05) is 6.92 Å². The summed E-state index contributed by atoms with van der Waals surface area (Å²) in [6.07, 6.45) is 1.06. The third-order valence-electron chi connectivity index (χ3n) is 3.23. The Kier molecular flexibility index (Phi) is 8.00. The fourth-order valence-corrected chi connectivity index (χ4v) is 4.40. The van der Waals surface area contributed by atoms with Crippen LogP contribution in [0.2, 0.25) is 5.15 Å². The molecule has 0 saturated carbocycles. The predicted molar refractivity (Wildman–Crippen MR) is 105 cm³/mol. The van der Waals surface area contributed by atoms with E-state index < -0.39 is 7.60 Å². The Morgan fingerprint density at radius 2 is 1.89 bits per heavy atom. The summed E-state index contributed by atoms with van der Waals surface area (Å²) < 4.78 is 31.0. The number of ether oxygens (including phenoxy) is 1. The van der Waals surface area contributed by atoms with E-state index in [2.05, 4.69) is 20.3 Å². The molecule has 2 aromatic rings. The molecule has 0 bridgehead atoms. The Labute approximate surface area is 164 Å². The van der Waals surface area contributed by atoms with Crippen LogP contribution in [0.5, 0.6) is 0 Å². The minimum absolute atomic E-state index is 0.117. The average molecular weight is 420 g/mol. The number of imidazole rings is 1. The first kappa shape index (κ1) is 22.0. The Balaban J connectivity index is 2.01. The van der Waals surface area contributed by atoms with Gasteiger partial charge in [-0.05, 0) is 34.6 Å². The molecule has 0 aliphatic heterocycles. The number of nitrogens with zero attached hydrogens (tertiary/aromatic N) is 4. The molecular formula is C16H27ClN5O4P. The summed E-state index contributed by atoms with van der Waals surface area (Å²) in [5, 5.41) is 3.32. The Bertz CT molecular complexity index is 784. The van der Waals surface area contributed by atoms with E-state index >= 15 is 0 Å². The lowest BCUT2D eigenvalue weighted by molar-refractivity contribution is 0.0961. The van der Waals surface area contributed by atoms with E-state index in [4.69, 9.17) is 25.4 Å². The van der Waals surface area contributed by atoms with Crippen LogP contribution in [-0.2, 0) is 24.9 Å². The highest BCUT2D eigenvalue weighted by molar-refractivity contribution is 7.53. The molecule has 0 radical (unpaired) electrons. The fraction of sp³-hybridized carbons (Fsp3) is 0.688. The van der Waals surface area contributed by atoms with Crippen LogP contribution < -0.4 is 5.32 Å². The zero-order valence-corrected chi connectivity index (χ0v) is 18.0. The normalized spacial score (nSPS) is 12.4. The summed E-state index contributed by atoms with van der Waals surface area (Å²) in [6.45, 7) is 10.6. The van der Waals surface area contributed by atoms with Crippen molar-refractivity contribution in [2.75, 3.05) is 24.8 Å². The summed E-state index contributed by atoms with van der Waals surface area (Å²) in [5.41, 5.74) is 1.13. The van der Waals surface area contributed by atoms with Crippen molar-refractivity contribution in [3.8, 4) is 0 Å². The van der Waals surface area contributed by atoms with Crippen molar-refractivity contribution in [3.05, 3.63) is 11.5 Å². The third-order valence-corrected chi connectivity index (χ3v) is 5.47. The lowest BCUT2D eigenvalue weighted by atomic mass is 10.5. The number of halogens is 1. The molecule has 2 rings (SSSR count). The number of hydrogen-bond donors (Lipinski definition) is 1. The van der Waals surface area contributed by atoms with Gasteiger partial charge in [0.15, 0.2) is 10.8 Å². The smallest absolute Gasteiger partial charge is 0.356 e. The molecule has 9 nitrogen and oxygen atoms in total. The van der Waals surface area contributed by atoms with Gasteiger partial charge in [-0.2, -0.15) is 9.97 Å². The number of nitrogens with one attached hydrogen (secondary N) is 1. The van der Waals surface area contributed by atoms with Gasteiger partial charge < -0.3 is 23.7 Å². The SMILES string of the molecule is CCNc1nc(Cl)c2ncn(CCOCP(=O)(OC(C)C)OC(C)C)c2n1. The summed E-state index contributed by atoms with van der Waals surface area (Å²) in [5.74, 6) is 0.442. The van der Waals surface area contributed by atoms with Gasteiger partial charge in [-0.25, -0.2) is 4.98 Å². The minimum Gasteiger partial charge on any atom is -0.367 e. The first-order valence-corrected chi connectivity index (χ1v) is 11.0. The monoisotopic (exact) mass is 419 g/mol. The Morgan fingerprint density at radius 1 is 1.22 bits per heavy atom. The second-order valence-electron chi connectivity index (χ2n) is 6.44. The second kappa shape index (κ2) is 9.80. The molecule has 0 aliphatic rings. The highest BCUT2D eigenvalue weighted by atomic mass is 35.5. The molecule has 152 valence electrons. The Hall–Kier alpha value is -1.25. The first-order valence-electron chi connectivity index (χ1n) is 8.90. The van der Waals surface area contributed by atoms with Crippen molar-refractivity contribution in [3.63, 3.8) is 0 Å². The molecule has 0 aromatic carbocycles. The van der Waals surface area contributed by atoms with Crippen LogP contribution in [0, 0.1) is 0 Å². The molecular weight excluding hydrogens is 393 g/mol. The van der Waals surface area contributed by atoms with E-state index in [-0.39, 0.29) is 30.3 Å². The quantitative estimate of drug-likeness (QED) is 0.332. The highest BCUT2D eigenvalue weighted by Gasteiger charge is 2.28. The van der Waals surface area contributed by atoms with E-state index in [9.17, 15) is 4.57 Å². The standard InChI is InChI=1S/C16H27ClN5O4P/c1-6-18-16-20-14(17)13-15(21-16)22(9-19-13)7-8-24-10-27(23,25-11(2)3)26-12(4)5/h9,11-12H,6-8,10H2,1-5H3,(H,18,20,21). The molecule has 11 heteroatoms. The van der Waals surface area contributed by atoms with Crippen LogP contribution in [-0.4, -0.2) is 51.2 Å². The average Bonchev–Trinajstić information content (AvgIpc) is 2.94. The van der Waals surface area contributed by atoms with Crippen LogP contribution in [0.1, 0.15) is 34.6 Å². The first-order chi connectivity index (χ1) is 12.7. The Morgan fingerprint density at radius 3 is 2.48 bits per heavy atom. The van der Waals surface area contributed by atoms with Crippen LogP contribution in [0.3, 0.4) is 0 Å². The van der Waals surface area contributed by atoms with Crippen LogP contribution in [0.15, 0.2) is 6.33 Å². The molecule has 0 aliphatic carbocycles. The van der Waals surface area contributed by atoms with E-state index in [0.717, 1.165) is 0 Å². The molecule has 2 aromatic heterocycles. The number of rotatable bonds is 11. The van der Waals surface area contributed by atoms with Gasteiger partial charge in [0.05, 0.1) is 25.1 Å². The maximum Gasteiger partial charge on any atom is 0.356 e. The van der Waals surface area contributed by atoms with E-state index in [1.165, 1.54) is 0 Å². The third kappa shape index (κ3) is 6.40. The highest BCUT2D eigenvalue weighted by Crippen LogP contribution is 2.50. The van der Waals surface area contributed by atoms with Crippen molar-refractivity contribution < 1.29 is 18.3 Å². The maximum atomic E-state index is 12.7.